The van der Waals surface area contributed by atoms with Crippen molar-refractivity contribution in [3.63, 3.8) is 0 Å². The molecule has 1 aliphatic rings. The highest BCUT2D eigenvalue weighted by molar-refractivity contribution is 7.09. The van der Waals surface area contributed by atoms with Gasteiger partial charge in [0.25, 0.3) is 5.91 Å². The van der Waals surface area contributed by atoms with E-state index in [1.807, 2.05) is 6.07 Å². The maximum atomic E-state index is 12.3. The van der Waals surface area contributed by atoms with E-state index in [1.54, 1.807) is 5.38 Å². The van der Waals surface area contributed by atoms with Crippen LogP contribution < -0.4 is 11.1 Å². The van der Waals surface area contributed by atoms with Crippen molar-refractivity contribution in [2.45, 2.75) is 32.0 Å². The monoisotopic (exact) mass is 402 g/mol. The van der Waals surface area contributed by atoms with E-state index in [2.05, 4.69) is 39.5 Å². The maximum Gasteiger partial charge on any atom is 0.271 e. The zero-order chi connectivity index (χ0) is 16.1. The highest BCUT2D eigenvalue weighted by atomic mass is 35.5. The van der Waals surface area contributed by atoms with Gasteiger partial charge in [0.05, 0.1) is 0 Å². The van der Waals surface area contributed by atoms with E-state index in [-0.39, 0.29) is 36.8 Å². The van der Waals surface area contributed by atoms with Crippen molar-refractivity contribution in [1.29, 1.82) is 0 Å². The minimum atomic E-state index is -0.0903. The molecule has 1 aromatic carbocycles. The van der Waals surface area contributed by atoms with Gasteiger partial charge in [0.15, 0.2) is 0 Å². The molecule has 2 aromatic rings. The number of rotatable bonds is 5. The fourth-order valence-electron chi connectivity index (χ4n) is 2.93. The molecule has 1 atom stereocenters. The summed E-state index contributed by atoms with van der Waals surface area (Å²) in [5, 5.41) is 5.69. The zero-order valence-electron chi connectivity index (χ0n) is 13.9. The molecule has 1 unspecified atom stereocenters. The molecule has 3 N–H and O–H groups in total. The zero-order valence-corrected chi connectivity index (χ0v) is 16.3. The summed E-state index contributed by atoms with van der Waals surface area (Å²) in [4.78, 5) is 18.9. The number of hydrogen-bond donors (Lipinski definition) is 2. The molecular formula is C17H24Cl2N4OS. The molecule has 1 fully saturated rings. The summed E-state index contributed by atoms with van der Waals surface area (Å²) in [5.41, 5.74) is 7.34. The van der Waals surface area contributed by atoms with E-state index >= 15 is 0 Å². The molecule has 8 heteroatoms. The number of amides is 1. The van der Waals surface area contributed by atoms with Crippen molar-refractivity contribution in [2.24, 2.45) is 5.73 Å². The second kappa shape index (κ2) is 10.7. The highest BCUT2D eigenvalue weighted by Gasteiger charge is 2.22. The summed E-state index contributed by atoms with van der Waals surface area (Å²) in [5.74, 6) is -0.0903. The Balaban J connectivity index is 0.00000156. The predicted molar refractivity (Wildman–Crippen MR) is 107 cm³/mol. The average molecular weight is 403 g/mol. The lowest BCUT2D eigenvalue weighted by Gasteiger charge is -2.33. The fourth-order valence-corrected chi connectivity index (χ4v) is 3.58. The molecule has 1 amide bonds. The first-order chi connectivity index (χ1) is 11.2. The fraction of sp³-hybridized carbons (Fsp3) is 0.412. The van der Waals surface area contributed by atoms with E-state index in [0.717, 1.165) is 37.5 Å². The summed E-state index contributed by atoms with van der Waals surface area (Å²) < 4.78 is 0. The number of nitrogens with two attached hydrogens (primary N) is 1. The van der Waals surface area contributed by atoms with E-state index in [4.69, 9.17) is 5.73 Å². The standard InChI is InChI=1S/C17H22N4OS.2ClH/c18-9-16-20-15(12-23-16)17(22)19-14-7-4-8-21(11-14)10-13-5-2-1-3-6-13;;/h1-3,5-6,12,14H,4,7-11,18H2,(H,19,22);2*1H. The van der Waals surface area contributed by atoms with E-state index in [1.165, 1.54) is 16.9 Å². The Morgan fingerprint density at radius 3 is 2.76 bits per heavy atom. The molecule has 0 spiro atoms. The first-order valence-electron chi connectivity index (χ1n) is 7.96. The van der Waals surface area contributed by atoms with Crippen LogP contribution >= 0.6 is 36.2 Å². The molecule has 1 aliphatic heterocycles. The van der Waals surface area contributed by atoms with Crippen molar-refractivity contribution in [3.05, 3.63) is 52.0 Å². The van der Waals surface area contributed by atoms with Gasteiger partial charge in [-0.25, -0.2) is 4.98 Å². The summed E-state index contributed by atoms with van der Waals surface area (Å²) in [6.45, 7) is 3.28. The Morgan fingerprint density at radius 2 is 2.08 bits per heavy atom. The average Bonchev–Trinajstić information content (AvgIpc) is 3.05. The molecule has 1 aromatic heterocycles. The lowest BCUT2D eigenvalue weighted by Crippen LogP contribution is -2.47. The van der Waals surface area contributed by atoms with Crippen LogP contribution in [0.25, 0.3) is 0 Å². The Bertz CT molecular complexity index is 653. The molecule has 3 rings (SSSR count). The molecular weight excluding hydrogens is 379 g/mol. The van der Waals surface area contributed by atoms with Gasteiger partial charge in [-0.05, 0) is 24.9 Å². The number of nitrogens with one attached hydrogen (secondary N) is 1. The second-order valence-electron chi connectivity index (χ2n) is 5.86. The molecule has 138 valence electrons. The van der Waals surface area contributed by atoms with Gasteiger partial charge in [-0.15, -0.1) is 36.2 Å². The number of benzene rings is 1. The predicted octanol–water partition coefficient (Wildman–Crippen LogP) is 2.84. The number of aromatic nitrogens is 1. The van der Waals surface area contributed by atoms with Gasteiger partial charge in [0.1, 0.15) is 10.7 Å². The third-order valence-electron chi connectivity index (χ3n) is 4.05. The van der Waals surface area contributed by atoms with Gasteiger partial charge >= 0.3 is 0 Å². The lowest BCUT2D eigenvalue weighted by molar-refractivity contribution is 0.0896. The van der Waals surface area contributed by atoms with Crippen LogP contribution in [0.15, 0.2) is 35.7 Å². The number of halogens is 2. The third kappa shape index (κ3) is 6.24. The second-order valence-corrected chi connectivity index (χ2v) is 6.81. The lowest BCUT2D eigenvalue weighted by atomic mass is 10.0. The van der Waals surface area contributed by atoms with Crippen LogP contribution in [0.5, 0.6) is 0 Å². The molecule has 1 saturated heterocycles. The first kappa shape index (κ1) is 21.9. The number of hydrogen-bond acceptors (Lipinski definition) is 5. The van der Waals surface area contributed by atoms with E-state index in [0.29, 0.717) is 12.2 Å². The number of carbonyl (C=O) groups is 1. The molecule has 5 nitrogen and oxygen atoms in total. The molecule has 0 saturated carbocycles. The van der Waals surface area contributed by atoms with Crippen LogP contribution in [0.3, 0.4) is 0 Å². The van der Waals surface area contributed by atoms with Gasteiger partial charge in [0.2, 0.25) is 0 Å². The maximum absolute atomic E-state index is 12.3. The SMILES string of the molecule is Cl.Cl.NCc1nc(C(=O)NC2CCCN(Cc3ccccc3)C2)cs1. The molecule has 0 radical (unpaired) electrons. The summed E-state index contributed by atoms with van der Waals surface area (Å²) in [7, 11) is 0. The number of nitrogens with zero attached hydrogens (tertiary/aromatic N) is 2. The van der Waals surface area contributed by atoms with Gasteiger partial charge < -0.3 is 11.1 Å². The van der Waals surface area contributed by atoms with Crippen LogP contribution in [-0.2, 0) is 13.1 Å². The molecule has 2 heterocycles. The van der Waals surface area contributed by atoms with Crippen molar-refractivity contribution in [2.75, 3.05) is 13.1 Å². The van der Waals surface area contributed by atoms with Gasteiger partial charge in [-0.2, -0.15) is 0 Å². The smallest absolute Gasteiger partial charge is 0.271 e. The van der Waals surface area contributed by atoms with E-state index in [9.17, 15) is 4.79 Å². The minimum absolute atomic E-state index is 0. The van der Waals surface area contributed by atoms with Crippen molar-refractivity contribution < 1.29 is 4.79 Å². The Morgan fingerprint density at radius 1 is 1.32 bits per heavy atom. The normalized spacial score (nSPS) is 17.2. The Hall–Kier alpha value is -1.18. The van der Waals surface area contributed by atoms with Crippen LogP contribution in [0.4, 0.5) is 0 Å². The third-order valence-corrected chi connectivity index (χ3v) is 4.92. The first-order valence-corrected chi connectivity index (χ1v) is 8.84. The molecule has 0 bridgehead atoms. The molecule has 25 heavy (non-hydrogen) atoms. The molecule has 0 aliphatic carbocycles. The summed E-state index contributed by atoms with van der Waals surface area (Å²) >= 11 is 1.43. The Kier molecular flexibility index (Phi) is 9.38. The number of carbonyl (C=O) groups excluding carboxylic acids is 1. The number of likely N-dealkylation sites (tertiary alicyclic amines) is 1. The summed E-state index contributed by atoms with van der Waals surface area (Å²) in [6.07, 6.45) is 2.12. The number of piperidine rings is 1. The van der Waals surface area contributed by atoms with Gasteiger partial charge in [-0.3, -0.25) is 9.69 Å². The van der Waals surface area contributed by atoms with Crippen LogP contribution in [0.1, 0.15) is 33.9 Å². The van der Waals surface area contributed by atoms with Crippen molar-refractivity contribution in [3.8, 4) is 0 Å². The van der Waals surface area contributed by atoms with Crippen LogP contribution in [-0.4, -0.2) is 34.9 Å². The van der Waals surface area contributed by atoms with Gasteiger partial charge in [-0.1, -0.05) is 30.3 Å². The number of thiazole rings is 1. The summed E-state index contributed by atoms with van der Waals surface area (Å²) in [6, 6.07) is 10.6. The Labute approximate surface area is 164 Å². The van der Waals surface area contributed by atoms with Crippen molar-refractivity contribution in [1.82, 2.24) is 15.2 Å². The topological polar surface area (TPSA) is 71.2 Å². The van der Waals surface area contributed by atoms with Gasteiger partial charge in [0, 0.05) is 31.1 Å². The largest absolute Gasteiger partial charge is 0.347 e. The quantitative estimate of drug-likeness (QED) is 0.806. The van der Waals surface area contributed by atoms with E-state index < -0.39 is 0 Å². The highest BCUT2D eigenvalue weighted by Crippen LogP contribution is 2.15. The van der Waals surface area contributed by atoms with Crippen LogP contribution in [0, 0.1) is 0 Å². The van der Waals surface area contributed by atoms with Crippen molar-refractivity contribution >= 4 is 42.1 Å². The minimum Gasteiger partial charge on any atom is -0.347 e. The van der Waals surface area contributed by atoms with Crippen LogP contribution in [0.2, 0.25) is 0 Å².